The normalized spacial score (nSPS) is 10.5. The molecule has 0 radical (unpaired) electrons. The average molecular weight is 458 g/mol. The molecule has 0 aliphatic heterocycles. The lowest BCUT2D eigenvalue weighted by Crippen LogP contribution is -2.06. The summed E-state index contributed by atoms with van der Waals surface area (Å²) >= 11 is 6.21. The first-order valence-electron chi connectivity index (χ1n) is 10.0. The second-order valence-electron chi connectivity index (χ2n) is 6.91. The van der Waals surface area contributed by atoms with Crippen LogP contribution in [0, 0.1) is 10.1 Å². The van der Waals surface area contributed by atoms with Gasteiger partial charge in [0, 0.05) is 11.8 Å². The van der Waals surface area contributed by atoms with Crippen molar-refractivity contribution in [3.05, 3.63) is 63.4 Å². The molecule has 0 saturated heterocycles. The second kappa shape index (κ2) is 10.6. The summed E-state index contributed by atoms with van der Waals surface area (Å²) in [5.41, 5.74) is 1.98. The van der Waals surface area contributed by atoms with E-state index in [9.17, 15) is 10.1 Å². The number of anilines is 4. The minimum absolute atomic E-state index is 0.00778. The van der Waals surface area contributed by atoms with Crippen LogP contribution in [0.15, 0.2) is 42.7 Å². The van der Waals surface area contributed by atoms with Crippen molar-refractivity contribution in [3.63, 3.8) is 0 Å². The van der Waals surface area contributed by atoms with Gasteiger partial charge in [-0.25, -0.2) is 9.97 Å². The van der Waals surface area contributed by atoms with Gasteiger partial charge in [0.2, 0.25) is 11.6 Å². The van der Waals surface area contributed by atoms with E-state index in [0.29, 0.717) is 27.9 Å². The van der Waals surface area contributed by atoms with Crippen molar-refractivity contribution in [2.45, 2.75) is 26.2 Å². The van der Waals surface area contributed by atoms with Crippen LogP contribution in [0.1, 0.15) is 25.3 Å². The standard InChI is InChI=1S/C22H24ClN5O4/c1-4-5-6-14-7-9-15(10-8-14)26-21-20(28(29)30)22(25-13-24-21)27-17-11-16(23)18(31-2)12-19(17)32-3/h7-13H,4-6H2,1-3H3,(H2,24,25,26,27). The van der Waals surface area contributed by atoms with Crippen LogP contribution in [0.25, 0.3) is 0 Å². The summed E-state index contributed by atoms with van der Waals surface area (Å²) in [5, 5.41) is 18.1. The van der Waals surface area contributed by atoms with Gasteiger partial charge < -0.3 is 20.1 Å². The quantitative estimate of drug-likeness (QED) is 0.286. The molecule has 168 valence electrons. The Morgan fingerprint density at radius 1 is 1.03 bits per heavy atom. The number of aryl methyl sites for hydroxylation is 1. The summed E-state index contributed by atoms with van der Waals surface area (Å²) in [4.78, 5) is 19.5. The zero-order chi connectivity index (χ0) is 23.1. The molecule has 0 aliphatic rings. The number of nitrogens with one attached hydrogen (secondary N) is 2. The number of halogens is 1. The third kappa shape index (κ3) is 5.36. The van der Waals surface area contributed by atoms with Gasteiger partial charge in [0.1, 0.15) is 17.8 Å². The zero-order valence-corrected chi connectivity index (χ0v) is 18.8. The Bertz CT molecular complexity index is 1090. The number of hydrogen-bond donors (Lipinski definition) is 2. The van der Waals surface area contributed by atoms with E-state index in [1.54, 1.807) is 12.1 Å². The molecule has 3 aromatic rings. The molecule has 10 heteroatoms. The minimum Gasteiger partial charge on any atom is -0.495 e. The Kier molecular flexibility index (Phi) is 7.67. The number of hydrogen-bond acceptors (Lipinski definition) is 8. The van der Waals surface area contributed by atoms with Crippen LogP contribution in [-0.2, 0) is 6.42 Å². The highest BCUT2D eigenvalue weighted by molar-refractivity contribution is 6.32. The summed E-state index contributed by atoms with van der Waals surface area (Å²) in [6.07, 6.45) is 4.46. The molecule has 2 N–H and O–H groups in total. The van der Waals surface area contributed by atoms with Gasteiger partial charge >= 0.3 is 5.69 Å². The van der Waals surface area contributed by atoms with Gasteiger partial charge in [0.15, 0.2) is 0 Å². The molecule has 0 amide bonds. The summed E-state index contributed by atoms with van der Waals surface area (Å²) < 4.78 is 10.5. The number of rotatable bonds is 10. The fraction of sp³-hybridized carbons (Fsp3) is 0.273. The lowest BCUT2D eigenvalue weighted by molar-refractivity contribution is -0.383. The predicted octanol–water partition coefficient (Wildman–Crippen LogP) is 5.89. The number of aromatic nitrogens is 2. The van der Waals surface area contributed by atoms with E-state index in [1.165, 1.54) is 26.1 Å². The number of nitrogens with zero attached hydrogens (tertiary/aromatic N) is 3. The molecule has 0 atom stereocenters. The van der Waals surface area contributed by atoms with Crippen LogP contribution in [-0.4, -0.2) is 29.1 Å². The first-order valence-corrected chi connectivity index (χ1v) is 10.4. The third-order valence-electron chi connectivity index (χ3n) is 4.77. The van der Waals surface area contributed by atoms with Crippen molar-refractivity contribution in [2.75, 3.05) is 24.9 Å². The van der Waals surface area contributed by atoms with Crippen LogP contribution in [0.3, 0.4) is 0 Å². The van der Waals surface area contributed by atoms with Crippen molar-refractivity contribution in [1.29, 1.82) is 0 Å². The van der Waals surface area contributed by atoms with Crippen LogP contribution in [0.5, 0.6) is 11.5 Å². The number of unbranched alkanes of at least 4 members (excludes halogenated alkanes) is 1. The van der Waals surface area contributed by atoms with E-state index in [1.807, 2.05) is 24.3 Å². The fourth-order valence-corrected chi connectivity index (χ4v) is 3.33. The molecule has 0 fully saturated rings. The molecule has 2 aromatic carbocycles. The molecule has 0 spiro atoms. The van der Waals surface area contributed by atoms with Gasteiger partial charge in [0.25, 0.3) is 0 Å². The van der Waals surface area contributed by atoms with Crippen LogP contribution in [0.2, 0.25) is 5.02 Å². The zero-order valence-electron chi connectivity index (χ0n) is 18.0. The second-order valence-corrected chi connectivity index (χ2v) is 7.32. The monoisotopic (exact) mass is 457 g/mol. The van der Waals surface area contributed by atoms with Gasteiger partial charge in [-0.1, -0.05) is 37.1 Å². The highest BCUT2D eigenvalue weighted by Gasteiger charge is 2.24. The van der Waals surface area contributed by atoms with Gasteiger partial charge in [0.05, 0.1) is 29.9 Å². The smallest absolute Gasteiger partial charge is 0.353 e. The van der Waals surface area contributed by atoms with Crippen molar-refractivity contribution in [3.8, 4) is 11.5 Å². The van der Waals surface area contributed by atoms with Crippen molar-refractivity contribution >= 4 is 40.3 Å². The largest absolute Gasteiger partial charge is 0.495 e. The van der Waals surface area contributed by atoms with E-state index in [0.717, 1.165) is 19.3 Å². The van der Waals surface area contributed by atoms with E-state index in [2.05, 4.69) is 27.5 Å². The Balaban J connectivity index is 1.92. The minimum atomic E-state index is -0.544. The van der Waals surface area contributed by atoms with Crippen molar-refractivity contribution in [2.24, 2.45) is 0 Å². The highest BCUT2D eigenvalue weighted by atomic mass is 35.5. The molecule has 0 unspecified atom stereocenters. The Hall–Kier alpha value is -3.59. The molecule has 9 nitrogen and oxygen atoms in total. The van der Waals surface area contributed by atoms with E-state index >= 15 is 0 Å². The van der Waals surface area contributed by atoms with E-state index in [-0.39, 0.29) is 17.3 Å². The summed E-state index contributed by atoms with van der Waals surface area (Å²) in [6.45, 7) is 2.14. The third-order valence-corrected chi connectivity index (χ3v) is 5.06. The highest BCUT2D eigenvalue weighted by Crippen LogP contribution is 2.39. The molecular weight excluding hydrogens is 434 g/mol. The molecule has 0 bridgehead atoms. The van der Waals surface area contributed by atoms with Gasteiger partial charge in [-0.2, -0.15) is 0 Å². The predicted molar refractivity (Wildman–Crippen MR) is 125 cm³/mol. The Morgan fingerprint density at radius 2 is 1.69 bits per heavy atom. The van der Waals surface area contributed by atoms with Crippen LogP contribution >= 0.6 is 11.6 Å². The number of nitro groups is 1. The molecule has 1 aromatic heterocycles. The number of methoxy groups -OCH3 is 2. The fourth-order valence-electron chi connectivity index (χ4n) is 3.09. The van der Waals surface area contributed by atoms with E-state index in [4.69, 9.17) is 21.1 Å². The van der Waals surface area contributed by atoms with Crippen molar-refractivity contribution in [1.82, 2.24) is 9.97 Å². The molecule has 1 heterocycles. The van der Waals surface area contributed by atoms with E-state index < -0.39 is 4.92 Å². The van der Waals surface area contributed by atoms with Crippen LogP contribution < -0.4 is 20.1 Å². The topological polar surface area (TPSA) is 111 Å². The maximum atomic E-state index is 11.9. The summed E-state index contributed by atoms with van der Waals surface area (Å²) in [6, 6.07) is 10.9. The van der Waals surface area contributed by atoms with Gasteiger partial charge in [-0.05, 0) is 36.6 Å². The van der Waals surface area contributed by atoms with Crippen molar-refractivity contribution < 1.29 is 14.4 Å². The molecule has 0 saturated carbocycles. The number of benzene rings is 2. The summed E-state index contributed by atoms with van der Waals surface area (Å²) in [5.74, 6) is 0.853. The Labute approximate surface area is 190 Å². The lowest BCUT2D eigenvalue weighted by atomic mass is 10.1. The molecule has 32 heavy (non-hydrogen) atoms. The van der Waals surface area contributed by atoms with Crippen LogP contribution in [0.4, 0.5) is 28.7 Å². The Morgan fingerprint density at radius 3 is 2.28 bits per heavy atom. The lowest BCUT2D eigenvalue weighted by Gasteiger charge is -2.14. The number of ether oxygens (including phenoxy) is 2. The summed E-state index contributed by atoms with van der Waals surface area (Å²) in [7, 11) is 2.96. The molecule has 0 aliphatic carbocycles. The maximum absolute atomic E-state index is 11.9. The average Bonchev–Trinajstić information content (AvgIpc) is 2.79. The molecule has 3 rings (SSSR count). The first-order chi connectivity index (χ1) is 15.5. The van der Waals surface area contributed by atoms with Gasteiger partial charge in [-0.3, -0.25) is 10.1 Å². The maximum Gasteiger partial charge on any atom is 0.353 e. The van der Waals surface area contributed by atoms with Gasteiger partial charge in [-0.15, -0.1) is 0 Å². The SMILES string of the molecule is CCCCc1ccc(Nc2ncnc(Nc3cc(Cl)c(OC)cc3OC)c2[N+](=O)[O-])cc1. The first kappa shape index (κ1) is 23.1. The molecular formula is C22H24ClN5O4.